The number of carbonyl (C=O) groups excluding carboxylic acids is 1. The van der Waals surface area contributed by atoms with Crippen LogP contribution < -0.4 is 22.7 Å². The van der Waals surface area contributed by atoms with E-state index in [-0.39, 0.29) is 11.0 Å². The maximum Gasteiger partial charge on any atom is 0.280 e. The van der Waals surface area contributed by atoms with Crippen LogP contribution in [0.1, 0.15) is 36.7 Å². The van der Waals surface area contributed by atoms with Crippen LogP contribution in [0.3, 0.4) is 0 Å². The summed E-state index contributed by atoms with van der Waals surface area (Å²) < 4.78 is 1.02. The molecule has 1 heterocycles. The SMILES string of the molecule is CC(C)(C)c1ccc(-c2nc3cc(C(=O)NN)ccc3c(=O)n2N)cc1. The summed E-state index contributed by atoms with van der Waals surface area (Å²) in [5.41, 5.74) is 4.27. The highest BCUT2D eigenvalue weighted by Gasteiger charge is 2.16. The van der Waals surface area contributed by atoms with Crippen molar-refractivity contribution in [1.82, 2.24) is 15.1 Å². The molecule has 0 aliphatic rings. The molecule has 134 valence electrons. The number of nitrogens with two attached hydrogens (primary N) is 2. The molecule has 0 atom stereocenters. The zero-order chi connectivity index (χ0) is 19.1. The molecular formula is C19H21N5O2. The Morgan fingerprint density at radius 3 is 2.35 bits per heavy atom. The number of aromatic nitrogens is 2. The monoisotopic (exact) mass is 351 g/mol. The van der Waals surface area contributed by atoms with Crippen LogP contribution in [0.25, 0.3) is 22.3 Å². The average molecular weight is 351 g/mol. The van der Waals surface area contributed by atoms with E-state index < -0.39 is 5.91 Å². The summed E-state index contributed by atoms with van der Waals surface area (Å²) in [5, 5.41) is 0.330. The lowest BCUT2D eigenvalue weighted by Gasteiger charge is -2.19. The van der Waals surface area contributed by atoms with Crippen LogP contribution in [-0.2, 0) is 5.41 Å². The van der Waals surface area contributed by atoms with Crippen LogP contribution in [0.2, 0.25) is 0 Å². The first-order chi connectivity index (χ1) is 12.2. The summed E-state index contributed by atoms with van der Waals surface area (Å²) in [5.74, 6) is 11.0. The highest BCUT2D eigenvalue weighted by molar-refractivity contribution is 5.97. The first-order valence-corrected chi connectivity index (χ1v) is 8.16. The van der Waals surface area contributed by atoms with Crippen molar-refractivity contribution >= 4 is 16.8 Å². The van der Waals surface area contributed by atoms with Crippen molar-refractivity contribution in [2.75, 3.05) is 5.84 Å². The van der Waals surface area contributed by atoms with E-state index in [1.807, 2.05) is 24.3 Å². The second-order valence-corrected chi connectivity index (χ2v) is 7.14. The number of fused-ring (bicyclic) bond motifs is 1. The van der Waals surface area contributed by atoms with Gasteiger partial charge in [0.05, 0.1) is 10.9 Å². The molecule has 3 rings (SSSR count). The third-order valence-electron chi connectivity index (χ3n) is 4.30. The first-order valence-electron chi connectivity index (χ1n) is 8.16. The number of hydrogen-bond donors (Lipinski definition) is 3. The molecule has 7 nitrogen and oxygen atoms in total. The number of amides is 1. The Bertz CT molecular complexity index is 1050. The molecule has 7 heteroatoms. The van der Waals surface area contributed by atoms with Gasteiger partial charge in [-0.3, -0.25) is 15.0 Å². The van der Waals surface area contributed by atoms with E-state index in [9.17, 15) is 9.59 Å². The highest BCUT2D eigenvalue weighted by atomic mass is 16.2. The molecule has 0 aliphatic heterocycles. The molecule has 0 aliphatic carbocycles. The van der Waals surface area contributed by atoms with E-state index in [0.717, 1.165) is 10.2 Å². The number of carbonyl (C=O) groups is 1. The Kier molecular flexibility index (Phi) is 4.25. The zero-order valence-corrected chi connectivity index (χ0v) is 14.9. The molecule has 0 unspecified atom stereocenters. The van der Waals surface area contributed by atoms with Crippen LogP contribution in [0.4, 0.5) is 0 Å². The van der Waals surface area contributed by atoms with Crippen LogP contribution in [0.5, 0.6) is 0 Å². The maximum atomic E-state index is 12.6. The Morgan fingerprint density at radius 1 is 1.12 bits per heavy atom. The molecule has 0 fully saturated rings. The maximum absolute atomic E-state index is 12.6. The minimum atomic E-state index is -0.457. The summed E-state index contributed by atoms with van der Waals surface area (Å²) >= 11 is 0. The predicted molar refractivity (Wildman–Crippen MR) is 102 cm³/mol. The van der Waals surface area contributed by atoms with Gasteiger partial charge in [-0.2, -0.15) is 0 Å². The fourth-order valence-corrected chi connectivity index (χ4v) is 2.75. The Morgan fingerprint density at radius 2 is 1.77 bits per heavy atom. The molecule has 2 aromatic carbocycles. The van der Waals surface area contributed by atoms with Gasteiger partial charge in [-0.05, 0) is 29.2 Å². The summed E-state index contributed by atoms with van der Waals surface area (Å²) in [6, 6.07) is 12.3. The van der Waals surface area contributed by atoms with E-state index in [1.54, 1.807) is 0 Å². The largest absolute Gasteiger partial charge is 0.334 e. The molecule has 0 spiro atoms. The summed E-state index contributed by atoms with van der Waals surface area (Å²) in [6.07, 6.45) is 0. The minimum absolute atomic E-state index is 0.0161. The Balaban J connectivity index is 2.18. The van der Waals surface area contributed by atoms with E-state index in [1.165, 1.54) is 18.2 Å². The van der Waals surface area contributed by atoms with Gasteiger partial charge in [-0.25, -0.2) is 15.5 Å². The normalized spacial score (nSPS) is 11.5. The molecule has 0 saturated heterocycles. The van der Waals surface area contributed by atoms with Gasteiger partial charge in [0.25, 0.3) is 11.5 Å². The lowest BCUT2D eigenvalue weighted by molar-refractivity contribution is 0.0954. The standard InChI is InChI=1S/C19H21N5O2/c1-19(2,3)13-7-4-11(5-8-13)16-22-15-10-12(17(25)23-20)6-9-14(15)18(26)24(16)21/h4-10H,20-21H2,1-3H3,(H,23,25). The molecular weight excluding hydrogens is 330 g/mol. The van der Waals surface area contributed by atoms with Gasteiger partial charge in [0, 0.05) is 11.1 Å². The number of benzene rings is 2. The number of hydrogen-bond acceptors (Lipinski definition) is 5. The topological polar surface area (TPSA) is 116 Å². The van der Waals surface area contributed by atoms with Gasteiger partial charge in [0.2, 0.25) is 0 Å². The van der Waals surface area contributed by atoms with Crippen molar-refractivity contribution in [2.45, 2.75) is 26.2 Å². The summed E-state index contributed by atoms with van der Waals surface area (Å²) in [4.78, 5) is 28.8. The fourth-order valence-electron chi connectivity index (χ4n) is 2.75. The van der Waals surface area contributed by atoms with Crippen LogP contribution >= 0.6 is 0 Å². The van der Waals surface area contributed by atoms with Gasteiger partial charge < -0.3 is 5.84 Å². The zero-order valence-electron chi connectivity index (χ0n) is 14.9. The quantitative estimate of drug-likeness (QED) is 0.369. The molecule has 0 saturated carbocycles. The summed E-state index contributed by atoms with van der Waals surface area (Å²) in [6.45, 7) is 6.37. The smallest absolute Gasteiger partial charge is 0.280 e. The van der Waals surface area contributed by atoms with Crippen molar-refractivity contribution in [1.29, 1.82) is 0 Å². The first kappa shape index (κ1) is 17.6. The van der Waals surface area contributed by atoms with Crippen molar-refractivity contribution in [3.8, 4) is 11.4 Å². The van der Waals surface area contributed by atoms with Gasteiger partial charge in [0.15, 0.2) is 5.82 Å². The molecule has 1 amide bonds. The third kappa shape index (κ3) is 3.04. The average Bonchev–Trinajstić information content (AvgIpc) is 2.63. The second-order valence-electron chi connectivity index (χ2n) is 7.14. The molecule has 1 aromatic heterocycles. The number of rotatable bonds is 2. The molecule has 0 bridgehead atoms. The Labute approximate surface area is 150 Å². The summed E-state index contributed by atoms with van der Waals surface area (Å²) in [7, 11) is 0. The Hall–Kier alpha value is -3.19. The lowest BCUT2D eigenvalue weighted by Crippen LogP contribution is -2.31. The van der Waals surface area contributed by atoms with E-state index >= 15 is 0 Å². The number of nitrogens with one attached hydrogen (secondary N) is 1. The highest BCUT2D eigenvalue weighted by Crippen LogP contribution is 2.25. The fraction of sp³-hybridized carbons (Fsp3) is 0.211. The van der Waals surface area contributed by atoms with Crippen LogP contribution in [0.15, 0.2) is 47.3 Å². The van der Waals surface area contributed by atoms with Crippen molar-refractivity contribution in [3.63, 3.8) is 0 Å². The predicted octanol–water partition coefficient (Wildman–Crippen LogP) is 1.68. The van der Waals surface area contributed by atoms with Gasteiger partial charge in [0.1, 0.15) is 0 Å². The minimum Gasteiger partial charge on any atom is -0.334 e. The van der Waals surface area contributed by atoms with Gasteiger partial charge in [-0.15, -0.1) is 0 Å². The van der Waals surface area contributed by atoms with Gasteiger partial charge >= 0.3 is 0 Å². The van der Waals surface area contributed by atoms with Gasteiger partial charge in [-0.1, -0.05) is 45.0 Å². The van der Waals surface area contributed by atoms with Crippen molar-refractivity contribution < 1.29 is 4.79 Å². The molecule has 26 heavy (non-hydrogen) atoms. The number of hydrazine groups is 1. The number of nitrogen functional groups attached to an aromatic ring is 2. The molecule has 3 aromatic rings. The van der Waals surface area contributed by atoms with Crippen molar-refractivity contribution in [2.24, 2.45) is 5.84 Å². The van der Waals surface area contributed by atoms with E-state index in [0.29, 0.717) is 27.9 Å². The van der Waals surface area contributed by atoms with Crippen LogP contribution in [-0.4, -0.2) is 15.6 Å². The van der Waals surface area contributed by atoms with Crippen molar-refractivity contribution in [3.05, 3.63) is 63.9 Å². The number of nitrogens with zero attached hydrogens (tertiary/aromatic N) is 2. The van der Waals surface area contributed by atoms with E-state index in [2.05, 4.69) is 31.2 Å². The van der Waals surface area contributed by atoms with E-state index in [4.69, 9.17) is 11.7 Å². The molecule has 5 N–H and O–H groups in total. The second kappa shape index (κ2) is 6.27. The van der Waals surface area contributed by atoms with Crippen LogP contribution in [0, 0.1) is 0 Å². The third-order valence-corrected chi connectivity index (χ3v) is 4.30. The lowest BCUT2D eigenvalue weighted by atomic mass is 9.86. The molecule has 0 radical (unpaired) electrons.